The number of unbranched alkanes of at least 4 members (excludes halogenated alkanes) is 2. The molecule has 2 aromatic heterocycles. The van der Waals surface area contributed by atoms with Crippen LogP contribution in [0.25, 0.3) is 39.9 Å². The Morgan fingerprint density at radius 3 is 1.57 bits per heavy atom. The Hall–Kier alpha value is -4.52. The van der Waals surface area contributed by atoms with E-state index in [1.54, 1.807) is 4.68 Å². The van der Waals surface area contributed by atoms with Gasteiger partial charge in [0.2, 0.25) is 0 Å². The van der Waals surface area contributed by atoms with Gasteiger partial charge in [-0.1, -0.05) is 122 Å². The first kappa shape index (κ1) is 39.7. The highest BCUT2D eigenvalue weighted by atomic mass is 16.3. The Morgan fingerprint density at radius 1 is 0.604 bits per heavy atom. The fourth-order valence-corrected chi connectivity index (χ4v) is 7.42. The minimum absolute atomic E-state index is 0.175. The van der Waals surface area contributed by atoms with E-state index in [0.29, 0.717) is 40.6 Å². The van der Waals surface area contributed by atoms with Crippen molar-refractivity contribution in [2.45, 2.75) is 132 Å². The molecule has 0 spiro atoms. The molecule has 0 fully saturated rings. The van der Waals surface area contributed by atoms with Gasteiger partial charge in [0.1, 0.15) is 11.5 Å². The fourth-order valence-electron chi connectivity index (χ4n) is 7.42. The molecule has 2 heterocycles. The summed E-state index contributed by atoms with van der Waals surface area (Å²) in [4.78, 5) is 14.7. The van der Waals surface area contributed by atoms with Crippen molar-refractivity contribution in [3.63, 3.8) is 0 Å². The molecule has 3 aromatic carbocycles. The number of phenolic OH excluding ortho intramolecular Hbond substituents is 2. The van der Waals surface area contributed by atoms with Gasteiger partial charge >= 0.3 is 0 Å². The van der Waals surface area contributed by atoms with Crippen LogP contribution in [0, 0.1) is 25.7 Å². The van der Waals surface area contributed by atoms with Crippen molar-refractivity contribution in [3.05, 3.63) is 88.7 Å². The van der Waals surface area contributed by atoms with Crippen LogP contribution in [0.5, 0.6) is 11.5 Å². The molecule has 2 unspecified atom stereocenters. The topological polar surface area (TPSA) is 97.0 Å². The Kier molecular flexibility index (Phi) is 14.2. The van der Waals surface area contributed by atoms with E-state index in [-0.39, 0.29) is 11.5 Å². The fraction of sp³-hybridized carbons (Fsp3) is 0.478. The van der Waals surface area contributed by atoms with Crippen LogP contribution >= 0.6 is 0 Å². The van der Waals surface area contributed by atoms with Gasteiger partial charge < -0.3 is 10.2 Å². The van der Waals surface area contributed by atoms with E-state index >= 15 is 0 Å². The normalized spacial score (nSPS) is 12.7. The SMILES string of the molecule is CCCCC(CC)CCc1ccc(-c2nc(-c3ccc(CCC(CC)CCCC)c(C)c3O)nc(-n3cc(-c4ccc(CC)cc4)cn3)n2)c(O)c1C. The third kappa shape index (κ3) is 9.73. The number of nitrogens with zero attached hydrogens (tertiary/aromatic N) is 5. The van der Waals surface area contributed by atoms with Crippen molar-refractivity contribution in [2.24, 2.45) is 11.8 Å². The molecule has 282 valence electrons. The van der Waals surface area contributed by atoms with Crippen LogP contribution < -0.4 is 0 Å². The second-order valence-corrected chi connectivity index (χ2v) is 14.9. The van der Waals surface area contributed by atoms with Crippen LogP contribution in [0.15, 0.2) is 60.9 Å². The molecule has 0 saturated carbocycles. The number of hydrogen-bond donors (Lipinski definition) is 2. The number of aromatic hydroxyl groups is 2. The third-order valence-electron chi connectivity index (χ3n) is 11.4. The first-order valence-corrected chi connectivity index (χ1v) is 20.2. The van der Waals surface area contributed by atoms with Crippen LogP contribution in [-0.4, -0.2) is 34.9 Å². The number of rotatable bonds is 19. The highest BCUT2D eigenvalue weighted by Gasteiger charge is 2.21. The van der Waals surface area contributed by atoms with E-state index in [2.05, 4.69) is 76.1 Å². The maximum atomic E-state index is 11.7. The lowest BCUT2D eigenvalue weighted by molar-refractivity contribution is 0.420. The van der Waals surface area contributed by atoms with Crippen LogP contribution in [0.1, 0.15) is 127 Å². The molecule has 0 radical (unpaired) electrons. The summed E-state index contributed by atoms with van der Waals surface area (Å²) in [7, 11) is 0. The third-order valence-corrected chi connectivity index (χ3v) is 11.4. The highest BCUT2D eigenvalue weighted by Crippen LogP contribution is 2.37. The number of hydrogen-bond acceptors (Lipinski definition) is 6. The van der Waals surface area contributed by atoms with Crippen LogP contribution in [0.3, 0.4) is 0 Å². The number of aromatic nitrogens is 5. The predicted octanol–water partition coefficient (Wildman–Crippen LogP) is 11.9. The summed E-state index contributed by atoms with van der Waals surface area (Å²) in [6, 6.07) is 16.5. The van der Waals surface area contributed by atoms with Crippen LogP contribution in [-0.2, 0) is 19.3 Å². The summed E-state index contributed by atoms with van der Waals surface area (Å²) >= 11 is 0. The molecule has 2 atom stereocenters. The van der Waals surface area contributed by atoms with Gasteiger partial charge in [0.05, 0.1) is 17.3 Å². The molecule has 5 rings (SSSR count). The Balaban J connectivity index is 1.53. The molecular formula is C46H61N5O2. The van der Waals surface area contributed by atoms with Gasteiger partial charge in [-0.2, -0.15) is 15.1 Å². The summed E-state index contributed by atoms with van der Waals surface area (Å²) in [6.07, 6.45) is 18.5. The molecule has 53 heavy (non-hydrogen) atoms. The minimum Gasteiger partial charge on any atom is -0.507 e. The number of aryl methyl sites for hydroxylation is 3. The second-order valence-electron chi connectivity index (χ2n) is 14.9. The van der Waals surface area contributed by atoms with Crippen LogP contribution in [0.2, 0.25) is 0 Å². The molecular weight excluding hydrogens is 655 g/mol. The van der Waals surface area contributed by atoms with Gasteiger partial charge in [0, 0.05) is 11.8 Å². The first-order chi connectivity index (χ1) is 25.7. The average Bonchev–Trinajstić information content (AvgIpc) is 3.68. The molecule has 2 N–H and O–H groups in total. The van der Waals surface area contributed by atoms with Crippen LogP contribution in [0.4, 0.5) is 0 Å². The zero-order valence-electron chi connectivity index (χ0n) is 33.3. The van der Waals surface area contributed by atoms with Crippen molar-refractivity contribution in [1.29, 1.82) is 0 Å². The average molecular weight is 716 g/mol. The maximum absolute atomic E-state index is 11.7. The first-order valence-electron chi connectivity index (χ1n) is 20.2. The van der Waals surface area contributed by atoms with Crippen molar-refractivity contribution < 1.29 is 10.2 Å². The molecule has 0 amide bonds. The van der Waals surface area contributed by atoms with E-state index in [1.165, 1.54) is 56.9 Å². The highest BCUT2D eigenvalue weighted by molar-refractivity contribution is 5.72. The lowest BCUT2D eigenvalue weighted by atomic mass is 9.90. The Morgan fingerprint density at radius 2 is 1.11 bits per heavy atom. The number of benzene rings is 3. The molecule has 0 saturated heterocycles. The molecule has 0 aliphatic carbocycles. The Bertz CT molecular complexity index is 1840. The molecule has 0 aliphatic rings. The van der Waals surface area contributed by atoms with Gasteiger partial charge in [-0.25, -0.2) is 9.67 Å². The lowest BCUT2D eigenvalue weighted by Gasteiger charge is -2.17. The molecule has 0 bridgehead atoms. The van der Waals surface area contributed by atoms with E-state index in [4.69, 9.17) is 15.0 Å². The summed E-state index contributed by atoms with van der Waals surface area (Å²) in [6.45, 7) is 15.2. The number of phenols is 2. The zero-order chi connectivity index (χ0) is 37.9. The second kappa shape index (κ2) is 19.0. The van der Waals surface area contributed by atoms with Gasteiger partial charge in [-0.05, 0) is 103 Å². The smallest absolute Gasteiger partial charge is 0.254 e. The molecule has 7 heteroatoms. The maximum Gasteiger partial charge on any atom is 0.254 e. The summed E-state index contributed by atoms with van der Waals surface area (Å²) < 4.78 is 1.65. The van der Waals surface area contributed by atoms with Gasteiger partial charge in [0.15, 0.2) is 11.6 Å². The Labute approximate surface area is 318 Å². The molecule has 7 nitrogen and oxygen atoms in total. The van der Waals surface area contributed by atoms with E-state index in [9.17, 15) is 10.2 Å². The van der Waals surface area contributed by atoms with Gasteiger partial charge in [-0.15, -0.1) is 0 Å². The van der Waals surface area contributed by atoms with E-state index in [0.717, 1.165) is 65.5 Å². The van der Waals surface area contributed by atoms with Crippen molar-refractivity contribution in [1.82, 2.24) is 24.7 Å². The van der Waals surface area contributed by atoms with Crippen molar-refractivity contribution >= 4 is 0 Å². The van der Waals surface area contributed by atoms with E-state index in [1.807, 2.05) is 38.4 Å². The summed E-state index contributed by atoms with van der Waals surface area (Å²) in [5, 5.41) is 28.0. The van der Waals surface area contributed by atoms with E-state index < -0.39 is 0 Å². The minimum atomic E-state index is 0.175. The van der Waals surface area contributed by atoms with Gasteiger partial charge in [0.25, 0.3) is 5.95 Å². The van der Waals surface area contributed by atoms with Crippen molar-refractivity contribution in [2.75, 3.05) is 0 Å². The lowest BCUT2D eigenvalue weighted by Crippen LogP contribution is -2.08. The summed E-state index contributed by atoms with van der Waals surface area (Å²) in [5.41, 5.74) is 8.31. The summed E-state index contributed by atoms with van der Waals surface area (Å²) in [5.74, 6) is 2.70. The van der Waals surface area contributed by atoms with Crippen molar-refractivity contribution in [3.8, 4) is 51.3 Å². The predicted molar refractivity (Wildman–Crippen MR) is 219 cm³/mol. The molecule has 0 aliphatic heterocycles. The largest absolute Gasteiger partial charge is 0.507 e. The quantitative estimate of drug-likeness (QED) is 0.0883. The van der Waals surface area contributed by atoms with Gasteiger partial charge in [-0.3, -0.25) is 0 Å². The molecule has 5 aromatic rings. The zero-order valence-corrected chi connectivity index (χ0v) is 33.3. The monoisotopic (exact) mass is 715 g/mol. The standard InChI is InChI=1S/C46H61N5O2/c1-8-13-15-33(10-3)17-21-36-25-27-40(42(52)31(36)6)44-48-45(41-28-26-37(32(7)43(41)53)22-18-34(11-4)16-14-9-2)50-46(49-44)51-30-39(29-47-51)38-23-19-35(12-5)20-24-38/h19-20,23-30,33-34,52-53H,8-18,21-22H2,1-7H3.